The second kappa shape index (κ2) is 7.83. The number of rotatable bonds is 4. The van der Waals surface area contributed by atoms with E-state index in [4.69, 9.17) is 10.1 Å². The van der Waals surface area contributed by atoms with Gasteiger partial charge in [0.2, 0.25) is 0 Å². The highest BCUT2D eigenvalue weighted by Gasteiger charge is 2.68. The van der Waals surface area contributed by atoms with Crippen molar-refractivity contribution in [1.82, 2.24) is 4.98 Å². The fraction of sp³-hybridized carbons (Fsp3) is 0.423. The minimum Gasteiger partial charge on any atom is -0.374 e. The minimum absolute atomic E-state index is 0.0361. The number of nitrogens with one attached hydrogen (secondary N) is 2. The molecule has 2 saturated carbocycles. The molecule has 0 spiro atoms. The lowest BCUT2D eigenvalue weighted by atomic mass is 9.64. The van der Waals surface area contributed by atoms with E-state index in [1.165, 1.54) is 12.1 Å². The second-order valence-corrected chi connectivity index (χ2v) is 9.76. The largest absolute Gasteiger partial charge is 0.374 e. The summed E-state index contributed by atoms with van der Waals surface area (Å²) in [7, 11) is 0. The molecule has 2 aromatic rings. The van der Waals surface area contributed by atoms with E-state index in [9.17, 15) is 14.2 Å². The van der Waals surface area contributed by atoms with Crippen LogP contribution >= 0.6 is 0 Å². The van der Waals surface area contributed by atoms with Crippen LogP contribution in [0.3, 0.4) is 0 Å². The molecule has 2 aliphatic carbocycles. The zero-order chi connectivity index (χ0) is 23.4. The Bertz CT molecular complexity index is 1130. The van der Waals surface area contributed by atoms with Crippen molar-refractivity contribution < 1.29 is 13.5 Å². The third-order valence-electron chi connectivity index (χ3n) is 8.08. The van der Waals surface area contributed by atoms with Gasteiger partial charge in [0.25, 0.3) is 0 Å². The predicted octanol–water partition coefficient (Wildman–Crippen LogP) is 5.02. The van der Waals surface area contributed by atoms with Crippen molar-refractivity contribution in [2.75, 3.05) is 24.6 Å². The van der Waals surface area contributed by atoms with Gasteiger partial charge in [-0.25, -0.2) is 13.8 Å². The van der Waals surface area contributed by atoms with Crippen molar-refractivity contribution in [3.63, 3.8) is 0 Å². The molecule has 2 heterocycles. The Hall–Kier alpha value is -2.93. The maximum atomic E-state index is 14.3. The summed E-state index contributed by atoms with van der Waals surface area (Å²) >= 11 is 0. The summed E-state index contributed by atoms with van der Waals surface area (Å²) in [5.41, 5.74) is -0.228. The average Bonchev–Trinajstić information content (AvgIpc) is 3.16. The Morgan fingerprint density at radius 2 is 1.94 bits per heavy atom. The lowest BCUT2D eigenvalue weighted by molar-refractivity contribution is -0.0543. The zero-order valence-electron chi connectivity index (χ0n) is 18.9. The first-order chi connectivity index (χ1) is 15.8. The van der Waals surface area contributed by atoms with Crippen LogP contribution in [-0.2, 0) is 4.74 Å². The highest BCUT2D eigenvalue weighted by atomic mass is 19.1. The molecule has 1 aromatic heterocycles. The Morgan fingerprint density at radius 3 is 2.64 bits per heavy atom. The first-order valence-electron chi connectivity index (χ1n) is 11.4. The molecule has 0 amide bonds. The van der Waals surface area contributed by atoms with E-state index in [-0.39, 0.29) is 28.7 Å². The molecule has 3 fully saturated rings. The van der Waals surface area contributed by atoms with E-state index >= 15 is 0 Å². The van der Waals surface area contributed by atoms with Crippen LogP contribution in [0.1, 0.15) is 32.3 Å². The summed E-state index contributed by atoms with van der Waals surface area (Å²) in [4.78, 5) is 6.69. The molecular formula is C26H28F2N4O. The summed E-state index contributed by atoms with van der Waals surface area (Å²) in [6, 6.07) is 9.45. The normalized spacial score (nSPS) is 29.6. The zero-order valence-corrected chi connectivity index (χ0v) is 18.9. The first-order valence-corrected chi connectivity index (χ1v) is 11.4. The molecule has 5 rings (SSSR count). The quantitative estimate of drug-likeness (QED) is 0.643. The Labute approximate surface area is 192 Å². The van der Waals surface area contributed by atoms with Crippen LogP contribution in [0.5, 0.6) is 0 Å². The van der Waals surface area contributed by atoms with Crippen molar-refractivity contribution >= 4 is 17.2 Å². The topological polar surface area (TPSA) is 73.1 Å². The van der Waals surface area contributed by atoms with E-state index in [2.05, 4.69) is 23.7 Å². The van der Waals surface area contributed by atoms with Crippen LogP contribution < -0.4 is 4.90 Å². The summed E-state index contributed by atoms with van der Waals surface area (Å²) in [5, 5.41) is 17.6. The predicted molar refractivity (Wildman–Crippen MR) is 124 cm³/mol. The molecule has 0 radical (unpaired) electrons. The molecule has 1 aromatic carbocycles. The van der Waals surface area contributed by atoms with Crippen LogP contribution in [0.15, 0.2) is 54.2 Å². The lowest BCUT2D eigenvalue weighted by Gasteiger charge is -2.47. The van der Waals surface area contributed by atoms with Gasteiger partial charge in [-0.05, 0) is 60.1 Å². The van der Waals surface area contributed by atoms with E-state index in [0.29, 0.717) is 24.4 Å². The van der Waals surface area contributed by atoms with Crippen LogP contribution in [0.25, 0.3) is 0 Å². The van der Waals surface area contributed by atoms with Gasteiger partial charge in [0, 0.05) is 30.4 Å². The molecule has 2 N–H and O–H groups in total. The number of ether oxygens (including phenoxy) is 1. The lowest BCUT2D eigenvalue weighted by Crippen LogP contribution is -2.56. The number of morpholine rings is 1. The van der Waals surface area contributed by atoms with Crippen LogP contribution in [0, 0.1) is 39.2 Å². The van der Waals surface area contributed by atoms with Crippen molar-refractivity contribution in [3.05, 3.63) is 71.4 Å². The van der Waals surface area contributed by atoms with E-state index in [1.807, 2.05) is 18.2 Å². The van der Waals surface area contributed by atoms with Crippen molar-refractivity contribution in [2.45, 2.75) is 32.8 Å². The third-order valence-corrected chi connectivity index (χ3v) is 8.08. The van der Waals surface area contributed by atoms with Gasteiger partial charge >= 0.3 is 0 Å². The number of nitrogens with zero attached hydrogens (tertiary/aromatic N) is 2. The first kappa shape index (κ1) is 21.9. The smallest absolute Gasteiger partial charge is 0.135 e. The van der Waals surface area contributed by atoms with Gasteiger partial charge < -0.3 is 20.5 Å². The Morgan fingerprint density at radius 1 is 1.18 bits per heavy atom. The number of aromatic nitrogens is 1. The minimum atomic E-state index is -0.762. The standard InChI is InChI=1S/C26H28F2N4O/c1-25(2)17-9-10-26(25,21-15-32(12-13-33-21)22-8-3-4-11-31-22)24(30)16(17)14-20(29)23-18(27)6-5-7-19(23)28/h3-8,11,14,17,21,29-30H,9-10,12-13,15H2,1-2H3/b16-14-,29-20?,30-24?/t17-,21-,26-/m0/s1. The van der Waals surface area contributed by atoms with Gasteiger partial charge in [-0.3, -0.25) is 0 Å². The number of fused-ring (bicyclic) bond motifs is 2. The van der Waals surface area contributed by atoms with Crippen LogP contribution in [0.2, 0.25) is 0 Å². The number of benzene rings is 1. The number of anilines is 1. The maximum absolute atomic E-state index is 14.3. The monoisotopic (exact) mass is 450 g/mol. The molecule has 5 nitrogen and oxygen atoms in total. The van der Waals surface area contributed by atoms with Crippen molar-refractivity contribution in [1.29, 1.82) is 10.8 Å². The van der Waals surface area contributed by atoms with Gasteiger partial charge in [-0.2, -0.15) is 0 Å². The number of hydrogen-bond acceptors (Lipinski definition) is 5. The number of halogens is 2. The van der Waals surface area contributed by atoms with E-state index in [0.717, 1.165) is 37.3 Å². The summed E-state index contributed by atoms with van der Waals surface area (Å²) in [6.07, 6.45) is 4.77. The summed E-state index contributed by atoms with van der Waals surface area (Å²) in [5.74, 6) is -0.593. The Kier molecular flexibility index (Phi) is 5.20. The highest BCUT2D eigenvalue weighted by molar-refractivity contribution is 6.15. The molecule has 3 atom stereocenters. The van der Waals surface area contributed by atoms with Gasteiger partial charge in [-0.15, -0.1) is 0 Å². The highest BCUT2D eigenvalue weighted by Crippen LogP contribution is 2.68. The number of pyridine rings is 1. The van der Waals surface area contributed by atoms with Gasteiger partial charge in [0.15, 0.2) is 0 Å². The van der Waals surface area contributed by atoms with Gasteiger partial charge in [-0.1, -0.05) is 26.0 Å². The molecule has 0 unspecified atom stereocenters. The molecule has 1 aliphatic heterocycles. The molecule has 2 bridgehead atoms. The summed E-state index contributed by atoms with van der Waals surface area (Å²) < 4.78 is 34.9. The van der Waals surface area contributed by atoms with Crippen molar-refractivity contribution in [3.8, 4) is 0 Å². The molecule has 3 aliphatic rings. The molecule has 1 saturated heterocycles. The van der Waals surface area contributed by atoms with E-state index in [1.54, 1.807) is 6.20 Å². The fourth-order valence-electron chi connectivity index (χ4n) is 6.38. The molecule has 33 heavy (non-hydrogen) atoms. The van der Waals surface area contributed by atoms with E-state index < -0.39 is 17.0 Å². The molecule has 172 valence electrons. The van der Waals surface area contributed by atoms with Crippen LogP contribution in [-0.4, -0.2) is 42.2 Å². The Balaban J connectivity index is 1.50. The van der Waals surface area contributed by atoms with Crippen LogP contribution in [0.4, 0.5) is 14.6 Å². The molecule has 7 heteroatoms. The molecular weight excluding hydrogens is 422 g/mol. The van der Waals surface area contributed by atoms with Crippen molar-refractivity contribution in [2.24, 2.45) is 16.7 Å². The average molecular weight is 451 g/mol. The summed E-state index contributed by atoms with van der Waals surface area (Å²) in [6.45, 7) is 6.24. The fourth-order valence-corrected chi connectivity index (χ4v) is 6.38. The number of hydrogen-bond donors (Lipinski definition) is 2. The van der Waals surface area contributed by atoms with Gasteiger partial charge in [0.05, 0.1) is 24.0 Å². The van der Waals surface area contributed by atoms with Gasteiger partial charge in [0.1, 0.15) is 17.5 Å². The maximum Gasteiger partial charge on any atom is 0.135 e. The number of allylic oxidation sites excluding steroid dienone is 2. The third kappa shape index (κ3) is 3.16. The second-order valence-electron chi connectivity index (χ2n) is 9.76. The SMILES string of the molecule is CC1(C)[C@H]2CC[C@]1([C@@H]1CN(c3ccccn3)CCO1)C(=N)/C2=C\C(=N)c1c(F)cccc1F.